The standard InChI is InChI=1S/C58H82O12/c1-12-20-22-26-58(19-8,49-30-41(10)28-43(14-3)55(49)69-38-47(60)36-67-53(63)16-5)33-45-29-42(11)31-50(56(45)70-39-48(61)37-68-54(64)17-6)57(18-7,25-21-13-2)32-44-27-40(9)23-24-51(44)65-34-46(59)35-66-52(62)15-4/h15-17,23-24,27-31,46-48,59-61H,4-6,12-14,18-22,25-26,32-39H2,1-3,7-11H3. The predicted molar refractivity (Wildman–Crippen MR) is 276 cm³/mol. The van der Waals surface area contributed by atoms with Crippen LogP contribution in [0.3, 0.4) is 0 Å². The molecule has 0 aliphatic rings. The van der Waals surface area contributed by atoms with Gasteiger partial charge in [0.05, 0.1) is 0 Å². The summed E-state index contributed by atoms with van der Waals surface area (Å²) in [7, 11) is 0. The molecular weight excluding hydrogens is 889 g/mol. The lowest BCUT2D eigenvalue weighted by molar-refractivity contribution is -0.142. The van der Waals surface area contributed by atoms with Gasteiger partial charge in [-0.1, -0.05) is 140 Å². The van der Waals surface area contributed by atoms with Crippen LogP contribution in [0.5, 0.6) is 17.2 Å². The first kappa shape index (κ1) is 58.9. The Labute approximate surface area is 418 Å². The summed E-state index contributed by atoms with van der Waals surface area (Å²) in [6.07, 6.45) is 9.55. The summed E-state index contributed by atoms with van der Waals surface area (Å²) in [6, 6.07) is 14.7. The molecule has 0 aromatic heterocycles. The number of aliphatic hydroxyl groups is 3. The third-order valence-electron chi connectivity index (χ3n) is 13.1. The van der Waals surface area contributed by atoms with Crippen LogP contribution < -0.4 is 14.2 Å². The number of hydrogen-bond acceptors (Lipinski definition) is 12. The van der Waals surface area contributed by atoms with E-state index < -0.39 is 47.0 Å². The minimum absolute atomic E-state index is 0.0949. The van der Waals surface area contributed by atoms with E-state index in [1.807, 2.05) is 19.1 Å². The Hall–Kier alpha value is -5.43. The maximum Gasteiger partial charge on any atom is 0.330 e. The summed E-state index contributed by atoms with van der Waals surface area (Å²) in [5.74, 6) is 0.0710. The zero-order chi connectivity index (χ0) is 51.9. The number of ether oxygens (including phenoxy) is 6. The van der Waals surface area contributed by atoms with Gasteiger partial charge in [0, 0.05) is 40.2 Å². The Bertz CT molecular complexity index is 2180. The summed E-state index contributed by atoms with van der Waals surface area (Å²) < 4.78 is 35.4. The summed E-state index contributed by atoms with van der Waals surface area (Å²) >= 11 is 0. The normalized spacial score (nSPS) is 14.2. The van der Waals surface area contributed by atoms with Crippen molar-refractivity contribution in [1.82, 2.24) is 0 Å². The van der Waals surface area contributed by atoms with Crippen molar-refractivity contribution in [1.29, 1.82) is 0 Å². The van der Waals surface area contributed by atoms with Crippen LogP contribution in [0.15, 0.2) is 80.4 Å². The summed E-state index contributed by atoms with van der Waals surface area (Å²) in [5.41, 5.74) is 7.05. The number of benzene rings is 3. The third-order valence-corrected chi connectivity index (χ3v) is 13.1. The average Bonchev–Trinajstić information content (AvgIpc) is 3.35. The molecule has 12 nitrogen and oxygen atoms in total. The molecule has 0 heterocycles. The molecule has 0 saturated heterocycles. The first-order valence-electron chi connectivity index (χ1n) is 25.1. The second kappa shape index (κ2) is 29.7. The molecule has 3 N–H and O–H groups in total. The van der Waals surface area contributed by atoms with E-state index in [2.05, 4.69) is 98.5 Å². The van der Waals surface area contributed by atoms with Crippen LogP contribution in [0.1, 0.15) is 137 Å². The van der Waals surface area contributed by atoms with Gasteiger partial charge in [0.2, 0.25) is 0 Å². The lowest BCUT2D eigenvalue weighted by Crippen LogP contribution is -2.34. The van der Waals surface area contributed by atoms with Crippen LogP contribution >= 0.6 is 0 Å². The smallest absolute Gasteiger partial charge is 0.330 e. The maximum absolute atomic E-state index is 12.1. The van der Waals surface area contributed by atoms with Crippen molar-refractivity contribution in [2.75, 3.05) is 39.6 Å². The van der Waals surface area contributed by atoms with Crippen molar-refractivity contribution in [3.05, 3.63) is 125 Å². The van der Waals surface area contributed by atoms with E-state index in [-0.39, 0.29) is 39.6 Å². The first-order valence-corrected chi connectivity index (χ1v) is 25.1. The van der Waals surface area contributed by atoms with Crippen LogP contribution in [0.25, 0.3) is 0 Å². The highest BCUT2D eigenvalue weighted by atomic mass is 16.6. The Morgan fingerprint density at radius 2 is 0.943 bits per heavy atom. The number of esters is 3. The SMILES string of the molecule is C=CC(=O)OCC(O)COc1ccc(C)cc1CC(CC)(CCCC)c1cc(C)cc(CC(CC)(CCCCC)c2cc(C)cc(CC)c2OCC(O)COC(=O)C=C)c1OCC(O)COC(=O)C=C. The second-order valence-electron chi connectivity index (χ2n) is 18.6. The van der Waals surface area contributed by atoms with Crippen molar-refractivity contribution >= 4 is 17.9 Å². The number of aliphatic hydroxyl groups excluding tert-OH is 3. The van der Waals surface area contributed by atoms with Gasteiger partial charge in [-0.15, -0.1) is 0 Å². The van der Waals surface area contributed by atoms with Crippen molar-refractivity contribution in [3.8, 4) is 17.2 Å². The van der Waals surface area contributed by atoms with E-state index in [0.29, 0.717) is 36.5 Å². The highest BCUT2D eigenvalue weighted by Crippen LogP contribution is 2.49. The van der Waals surface area contributed by atoms with Crippen molar-refractivity contribution in [2.24, 2.45) is 0 Å². The fraction of sp³-hybridized carbons (Fsp3) is 0.534. The Kier molecular flexibility index (Phi) is 25.0. The van der Waals surface area contributed by atoms with Crippen LogP contribution in [-0.2, 0) is 58.7 Å². The number of aryl methyl sites for hydroxylation is 4. The van der Waals surface area contributed by atoms with Gasteiger partial charge in [0.1, 0.15) is 75.2 Å². The van der Waals surface area contributed by atoms with E-state index in [4.69, 9.17) is 28.4 Å². The molecule has 5 atom stereocenters. The molecule has 5 unspecified atom stereocenters. The van der Waals surface area contributed by atoms with Gasteiger partial charge in [0.15, 0.2) is 0 Å². The molecule has 0 amide bonds. The molecule has 3 aromatic carbocycles. The van der Waals surface area contributed by atoms with Crippen LogP contribution in [0.4, 0.5) is 0 Å². The zero-order valence-corrected chi connectivity index (χ0v) is 43.4. The lowest BCUT2D eigenvalue weighted by Gasteiger charge is -2.40. The predicted octanol–water partition coefficient (Wildman–Crippen LogP) is 10.1. The topological polar surface area (TPSA) is 167 Å². The maximum atomic E-state index is 12.1. The number of hydrogen-bond donors (Lipinski definition) is 3. The molecule has 0 aliphatic carbocycles. The van der Waals surface area contributed by atoms with E-state index >= 15 is 0 Å². The Balaban J connectivity index is 2.37. The molecule has 70 heavy (non-hydrogen) atoms. The third kappa shape index (κ3) is 17.5. The monoisotopic (exact) mass is 971 g/mol. The molecule has 0 bridgehead atoms. The molecule has 0 fully saturated rings. The Morgan fingerprint density at radius 3 is 1.39 bits per heavy atom. The van der Waals surface area contributed by atoms with E-state index in [1.54, 1.807) is 0 Å². The Morgan fingerprint density at radius 1 is 0.529 bits per heavy atom. The van der Waals surface area contributed by atoms with Gasteiger partial charge in [0.25, 0.3) is 0 Å². The van der Waals surface area contributed by atoms with Gasteiger partial charge >= 0.3 is 17.9 Å². The van der Waals surface area contributed by atoms with E-state index in [0.717, 1.165) is 121 Å². The lowest BCUT2D eigenvalue weighted by atomic mass is 9.66. The van der Waals surface area contributed by atoms with Crippen LogP contribution in [0, 0.1) is 20.8 Å². The zero-order valence-electron chi connectivity index (χ0n) is 43.4. The summed E-state index contributed by atoms with van der Waals surface area (Å²) in [5, 5.41) is 33.0. The molecule has 3 aromatic rings. The molecule has 0 spiro atoms. The summed E-state index contributed by atoms with van der Waals surface area (Å²) in [4.78, 5) is 35.7. The minimum atomic E-state index is -1.15. The van der Waals surface area contributed by atoms with E-state index in [9.17, 15) is 29.7 Å². The molecule has 3 rings (SSSR count). The fourth-order valence-corrected chi connectivity index (χ4v) is 9.19. The quantitative estimate of drug-likeness (QED) is 0.0225. The van der Waals surface area contributed by atoms with Crippen molar-refractivity contribution in [3.63, 3.8) is 0 Å². The largest absolute Gasteiger partial charge is 0.490 e. The van der Waals surface area contributed by atoms with Gasteiger partial charge < -0.3 is 43.7 Å². The van der Waals surface area contributed by atoms with Gasteiger partial charge in [-0.3, -0.25) is 0 Å². The highest BCUT2D eigenvalue weighted by molar-refractivity contribution is 5.81. The van der Waals surface area contributed by atoms with Crippen LogP contribution in [-0.4, -0.2) is 91.2 Å². The number of rotatable bonds is 34. The van der Waals surface area contributed by atoms with Crippen molar-refractivity contribution < 1.29 is 58.1 Å². The number of unbranched alkanes of at least 4 members (excludes halogenated alkanes) is 3. The second-order valence-corrected chi connectivity index (χ2v) is 18.6. The number of carbonyl (C=O) groups excluding carboxylic acids is 3. The summed E-state index contributed by atoms with van der Waals surface area (Å²) in [6.45, 7) is 26.3. The molecular formula is C58H82O12. The van der Waals surface area contributed by atoms with Gasteiger partial charge in [-0.05, 0) is 88.5 Å². The number of carbonyl (C=O) groups is 3. The van der Waals surface area contributed by atoms with E-state index in [1.165, 1.54) is 0 Å². The van der Waals surface area contributed by atoms with Crippen LogP contribution in [0.2, 0.25) is 0 Å². The van der Waals surface area contributed by atoms with Gasteiger partial charge in [-0.25, -0.2) is 14.4 Å². The molecule has 12 heteroatoms. The van der Waals surface area contributed by atoms with Gasteiger partial charge in [-0.2, -0.15) is 0 Å². The van der Waals surface area contributed by atoms with Crippen molar-refractivity contribution in [2.45, 2.75) is 162 Å². The molecule has 0 aliphatic heterocycles. The first-order chi connectivity index (χ1) is 33.5. The highest BCUT2D eigenvalue weighted by Gasteiger charge is 2.39. The minimum Gasteiger partial charge on any atom is -0.490 e. The molecule has 386 valence electrons. The fourth-order valence-electron chi connectivity index (χ4n) is 9.19. The molecule has 0 saturated carbocycles. The molecule has 0 radical (unpaired) electrons. The average molecular weight is 971 g/mol.